The third-order valence-electron chi connectivity index (χ3n) is 3.49. The van der Waals surface area contributed by atoms with E-state index in [0.717, 1.165) is 13.0 Å². The molecule has 74 valence electrons. The van der Waals surface area contributed by atoms with Crippen molar-refractivity contribution in [3.05, 3.63) is 0 Å². The van der Waals surface area contributed by atoms with Crippen molar-refractivity contribution >= 4 is 0 Å². The van der Waals surface area contributed by atoms with Crippen LogP contribution >= 0.6 is 0 Å². The minimum atomic E-state index is -0.137. The van der Waals surface area contributed by atoms with Gasteiger partial charge in [0.25, 0.3) is 0 Å². The molecule has 0 heterocycles. The highest BCUT2D eigenvalue weighted by atomic mass is 14.8. The second-order valence-electron chi connectivity index (χ2n) is 4.92. The van der Waals surface area contributed by atoms with Crippen LogP contribution in [-0.4, -0.2) is 12.1 Å². The number of nitrogens with two attached hydrogens (primary N) is 2. The normalized spacial score (nSPS) is 16.2. The van der Waals surface area contributed by atoms with Crippen molar-refractivity contribution in [2.45, 2.75) is 46.6 Å². The molecule has 0 rings (SSSR count). The van der Waals surface area contributed by atoms with Crippen molar-refractivity contribution in [2.24, 2.45) is 22.8 Å². The third-order valence-corrected chi connectivity index (χ3v) is 3.49. The molecule has 0 bridgehead atoms. The van der Waals surface area contributed by atoms with E-state index in [9.17, 15) is 0 Å². The van der Waals surface area contributed by atoms with E-state index >= 15 is 0 Å². The molecule has 0 saturated heterocycles. The molecule has 4 N–H and O–H groups in total. The third kappa shape index (κ3) is 2.46. The Labute approximate surface area is 76.7 Å². The van der Waals surface area contributed by atoms with Crippen molar-refractivity contribution in [3.63, 3.8) is 0 Å². The maximum absolute atomic E-state index is 6.10. The van der Waals surface area contributed by atoms with Crippen LogP contribution in [0.1, 0.15) is 41.0 Å². The Kier molecular flexibility index (Phi) is 3.73. The highest BCUT2D eigenvalue weighted by Gasteiger charge is 2.37. The largest absolute Gasteiger partial charge is 0.330 e. The van der Waals surface area contributed by atoms with Crippen molar-refractivity contribution in [3.8, 4) is 0 Å². The summed E-state index contributed by atoms with van der Waals surface area (Å²) in [7, 11) is 0. The van der Waals surface area contributed by atoms with Crippen LogP contribution in [0.2, 0.25) is 0 Å². The van der Waals surface area contributed by atoms with Crippen LogP contribution in [0.3, 0.4) is 0 Å². The maximum Gasteiger partial charge on any atom is 0.0151 e. The first-order valence-electron chi connectivity index (χ1n) is 4.72. The van der Waals surface area contributed by atoms with Crippen molar-refractivity contribution < 1.29 is 0 Å². The molecule has 0 fully saturated rings. The molecule has 0 aromatic rings. The fourth-order valence-corrected chi connectivity index (χ4v) is 1.25. The van der Waals surface area contributed by atoms with Crippen molar-refractivity contribution in [1.29, 1.82) is 0 Å². The summed E-state index contributed by atoms with van der Waals surface area (Å²) >= 11 is 0. The molecular formula is C10H24N2. The second kappa shape index (κ2) is 3.75. The zero-order chi connectivity index (χ0) is 9.99. The van der Waals surface area contributed by atoms with Gasteiger partial charge >= 0.3 is 0 Å². The first-order valence-corrected chi connectivity index (χ1v) is 4.72. The minimum Gasteiger partial charge on any atom is -0.330 e. The zero-order valence-electron chi connectivity index (χ0n) is 9.15. The summed E-state index contributed by atoms with van der Waals surface area (Å²) in [6, 6.07) is 0. The quantitative estimate of drug-likeness (QED) is 0.678. The zero-order valence-corrected chi connectivity index (χ0v) is 9.15. The lowest BCUT2D eigenvalue weighted by Gasteiger charge is -2.43. The van der Waals surface area contributed by atoms with Crippen LogP contribution in [0.25, 0.3) is 0 Å². The standard InChI is InChI=1S/C10H24N2/c1-8(6-7-11)9(2,3)10(4,5)12/h8H,6-7,11-12H2,1-5H3. The van der Waals surface area contributed by atoms with Gasteiger partial charge in [-0.25, -0.2) is 0 Å². The molecule has 0 aromatic carbocycles. The van der Waals surface area contributed by atoms with Crippen LogP contribution in [0.4, 0.5) is 0 Å². The van der Waals surface area contributed by atoms with Gasteiger partial charge in [-0.2, -0.15) is 0 Å². The number of rotatable bonds is 4. The van der Waals surface area contributed by atoms with E-state index < -0.39 is 0 Å². The second-order valence-corrected chi connectivity index (χ2v) is 4.92. The van der Waals surface area contributed by atoms with Crippen LogP contribution in [0, 0.1) is 11.3 Å². The lowest BCUT2D eigenvalue weighted by atomic mass is 9.66. The van der Waals surface area contributed by atoms with Gasteiger partial charge in [0.15, 0.2) is 0 Å². The SMILES string of the molecule is CC(CCN)C(C)(C)C(C)(C)N. The average Bonchev–Trinajstić information content (AvgIpc) is 1.85. The Morgan fingerprint density at radius 2 is 1.58 bits per heavy atom. The van der Waals surface area contributed by atoms with E-state index in [1.54, 1.807) is 0 Å². The summed E-state index contributed by atoms with van der Waals surface area (Å²) < 4.78 is 0. The van der Waals surface area contributed by atoms with E-state index in [0.29, 0.717) is 5.92 Å². The molecule has 0 aliphatic heterocycles. The molecule has 1 atom stereocenters. The predicted octanol–water partition coefficient (Wildman–Crippen LogP) is 1.73. The van der Waals surface area contributed by atoms with Gasteiger partial charge in [-0.15, -0.1) is 0 Å². The predicted molar refractivity (Wildman–Crippen MR) is 54.9 cm³/mol. The van der Waals surface area contributed by atoms with Crippen molar-refractivity contribution in [1.82, 2.24) is 0 Å². The van der Waals surface area contributed by atoms with Crippen LogP contribution in [-0.2, 0) is 0 Å². The smallest absolute Gasteiger partial charge is 0.0151 e. The van der Waals surface area contributed by atoms with E-state index in [1.807, 2.05) is 0 Å². The number of hydrogen-bond acceptors (Lipinski definition) is 2. The van der Waals surface area contributed by atoms with Gasteiger partial charge < -0.3 is 11.5 Å². The lowest BCUT2D eigenvalue weighted by molar-refractivity contribution is 0.115. The van der Waals surface area contributed by atoms with E-state index in [4.69, 9.17) is 11.5 Å². The van der Waals surface area contributed by atoms with Gasteiger partial charge in [-0.1, -0.05) is 20.8 Å². The fraction of sp³-hybridized carbons (Fsp3) is 1.00. The molecule has 2 heteroatoms. The summed E-state index contributed by atoms with van der Waals surface area (Å²) in [5.41, 5.74) is 11.6. The van der Waals surface area contributed by atoms with Gasteiger partial charge in [0.05, 0.1) is 0 Å². The molecule has 0 aliphatic rings. The summed E-state index contributed by atoms with van der Waals surface area (Å²) in [6.45, 7) is 11.6. The van der Waals surface area contributed by atoms with Crippen molar-refractivity contribution in [2.75, 3.05) is 6.54 Å². The summed E-state index contributed by atoms with van der Waals surface area (Å²) in [5.74, 6) is 0.572. The van der Waals surface area contributed by atoms with Gasteiger partial charge in [0, 0.05) is 5.54 Å². The molecule has 0 saturated carbocycles. The summed E-state index contributed by atoms with van der Waals surface area (Å²) in [4.78, 5) is 0. The van der Waals surface area contributed by atoms with Crippen LogP contribution < -0.4 is 11.5 Å². The van der Waals surface area contributed by atoms with Gasteiger partial charge in [-0.3, -0.25) is 0 Å². The topological polar surface area (TPSA) is 52.0 Å². The van der Waals surface area contributed by atoms with Crippen LogP contribution in [0.15, 0.2) is 0 Å². The van der Waals surface area contributed by atoms with Crippen LogP contribution in [0.5, 0.6) is 0 Å². The first-order chi connectivity index (χ1) is 5.23. The monoisotopic (exact) mass is 172 g/mol. The minimum absolute atomic E-state index is 0.137. The molecular weight excluding hydrogens is 148 g/mol. The Bertz CT molecular complexity index is 133. The average molecular weight is 172 g/mol. The first kappa shape index (κ1) is 11.9. The van der Waals surface area contributed by atoms with E-state index in [2.05, 4.69) is 34.6 Å². The Morgan fingerprint density at radius 3 is 1.83 bits per heavy atom. The van der Waals surface area contributed by atoms with Gasteiger partial charge in [0.1, 0.15) is 0 Å². The molecule has 12 heavy (non-hydrogen) atoms. The molecule has 0 radical (unpaired) electrons. The van der Waals surface area contributed by atoms with Gasteiger partial charge in [0.2, 0.25) is 0 Å². The van der Waals surface area contributed by atoms with E-state index in [1.165, 1.54) is 0 Å². The fourth-order valence-electron chi connectivity index (χ4n) is 1.25. The highest BCUT2D eigenvalue weighted by Crippen LogP contribution is 2.37. The van der Waals surface area contributed by atoms with Gasteiger partial charge in [-0.05, 0) is 38.1 Å². The molecule has 0 spiro atoms. The Morgan fingerprint density at radius 1 is 1.17 bits per heavy atom. The molecule has 0 aliphatic carbocycles. The molecule has 0 aromatic heterocycles. The summed E-state index contributed by atoms with van der Waals surface area (Å²) in [5, 5.41) is 0. The molecule has 2 nitrogen and oxygen atoms in total. The Hall–Kier alpha value is -0.0800. The molecule has 1 unspecified atom stereocenters. The van der Waals surface area contributed by atoms with E-state index in [-0.39, 0.29) is 11.0 Å². The Balaban J connectivity index is 4.38. The number of hydrogen-bond donors (Lipinski definition) is 2. The lowest BCUT2D eigenvalue weighted by Crippen LogP contribution is -2.51. The maximum atomic E-state index is 6.10. The summed E-state index contributed by atoms with van der Waals surface area (Å²) in [6.07, 6.45) is 1.05. The highest BCUT2D eigenvalue weighted by molar-refractivity contribution is 4.93. The molecule has 0 amide bonds.